The zero-order valence-corrected chi connectivity index (χ0v) is 13.0. The molecular formula is C16H18N2OS. The SMILES string of the molecule is COc1cccc(C#N)c1NC(C)c1cc(C)sc1C. The Morgan fingerprint density at radius 3 is 2.65 bits per heavy atom. The van der Waals surface area contributed by atoms with Crippen LogP contribution >= 0.6 is 11.3 Å². The molecule has 1 aromatic carbocycles. The van der Waals surface area contributed by atoms with Gasteiger partial charge in [-0.15, -0.1) is 11.3 Å². The van der Waals surface area contributed by atoms with Crippen molar-refractivity contribution in [2.24, 2.45) is 0 Å². The second-order valence-electron chi connectivity index (χ2n) is 4.73. The standard InChI is InChI=1S/C16H18N2OS/c1-10-8-14(12(3)20-10)11(2)18-16-13(9-17)6-5-7-15(16)19-4/h5-8,11,18H,1-4H3. The minimum Gasteiger partial charge on any atom is -0.495 e. The molecule has 20 heavy (non-hydrogen) atoms. The van der Waals surface area contributed by atoms with Gasteiger partial charge in [-0.2, -0.15) is 5.26 Å². The van der Waals surface area contributed by atoms with E-state index in [0.29, 0.717) is 11.3 Å². The van der Waals surface area contributed by atoms with Crippen LogP contribution in [-0.4, -0.2) is 7.11 Å². The summed E-state index contributed by atoms with van der Waals surface area (Å²) < 4.78 is 5.35. The second kappa shape index (κ2) is 5.98. The molecule has 1 heterocycles. The van der Waals surface area contributed by atoms with Crippen molar-refractivity contribution in [2.45, 2.75) is 26.8 Å². The number of para-hydroxylation sites is 1. The van der Waals surface area contributed by atoms with E-state index in [9.17, 15) is 5.26 Å². The van der Waals surface area contributed by atoms with Gasteiger partial charge in [0.15, 0.2) is 0 Å². The number of hydrogen-bond donors (Lipinski definition) is 1. The third-order valence-corrected chi connectivity index (χ3v) is 4.26. The number of anilines is 1. The Morgan fingerprint density at radius 2 is 2.10 bits per heavy atom. The Bertz CT molecular complexity index is 655. The van der Waals surface area contributed by atoms with Crippen LogP contribution in [0.1, 0.15) is 33.8 Å². The molecule has 1 N–H and O–H groups in total. The first-order valence-corrected chi connectivity index (χ1v) is 7.29. The number of nitrogens with one attached hydrogen (secondary N) is 1. The van der Waals surface area contributed by atoms with E-state index in [4.69, 9.17) is 4.74 Å². The zero-order chi connectivity index (χ0) is 14.7. The number of methoxy groups -OCH3 is 1. The normalized spacial score (nSPS) is 11.8. The van der Waals surface area contributed by atoms with E-state index in [0.717, 1.165) is 5.69 Å². The molecule has 1 unspecified atom stereocenters. The smallest absolute Gasteiger partial charge is 0.143 e. The van der Waals surface area contributed by atoms with Gasteiger partial charge in [0.05, 0.1) is 18.4 Å². The van der Waals surface area contributed by atoms with Crippen molar-refractivity contribution in [2.75, 3.05) is 12.4 Å². The summed E-state index contributed by atoms with van der Waals surface area (Å²) >= 11 is 1.79. The molecule has 0 aliphatic heterocycles. The van der Waals surface area contributed by atoms with Crippen LogP contribution < -0.4 is 10.1 Å². The molecular weight excluding hydrogens is 268 g/mol. The molecule has 0 aliphatic rings. The molecule has 4 heteroatoms. The van der Waals surface area contributed by atoms with Gasteiger partial charge in [-0.3, -0.25) is 0 Å². The summed E-state index contributed by atoms with van der Waals surface area (Å²) in [7, 11) is 1.62. The first-order valence-electron chi connectivity index (χ1n) is 6.47. The van der Waals surface area contributed by atoms with Gasteiger partial charge in [-0.05, 0) is 44.5 Å². The van der Waals surface area contributed by atoms with Gasteiger partial charge in [-0.1, -0.05) is 6.07 Å². The van der Waals surface area contributed by atoms with Crippen LogP contribution in [0, 0.1) is 25.2 Å². The summed E-state index contributed by atoms with van der Waals surface area (Å²) in [6, 6.07) is 10.0. The van der Waals surface area contributed by atoms with Crippen molar-refractivity contribution in [1.29, 1.82) is 5.26 Å². The van der Waals surface area contributed by atoms with E-state index < -0.39 is 0 Å². The van der Waals surface area contributed by atoms with Gasteiger partial charge in [0.25, 0.3) is 0 Å². The topological polar surface area (TPSA) is 45.0 Å². The number of thiophene rings is 1. The fourth-order valence-corrected chi connectivity index (χ4v) is 3.34. The number of nitriles is 1. The Kier molecular flexibility index (Phi) is 4.31. The third kappa shape index (κ3) is 2.78. The average Bonchev–Trinajstić information content (AvgIpc) is 2.78. The van der Waals surface area contributed by atoms with Gasteiger partial charge in [0, 0.05) is 15.8 Å². The Hall–Kier alpha value is -1.99. The summed E-state index contributed by atoms with van der Waals surface area (Å²) in [4.78, 5) is 2.60. The zero-order valence-electron chi connectivity index (χ0n) is 12.2. The van der Waals surface area contributed by atoms with Gasteiger partial charge in [-0.25, -0.2) is 0 Å². The Morgan fingerprint density at radius 1 is 1.35 bits per heavy atom. The van der Waals surface area contributed by atoms with Crippen molar-refractivity contribution >= 4 is 17.0 Å². The van der Waals surface area contributed by atoms with Crippen molar-refractivity contribution in [3.63, 3.8) is 0 Å². The molecule has 2 rings (SSSR count). The summed E-state index contributed by atoms with van der Waals surface area (Å²) in [5, 5.41) is 12.6. The lowest BCUT2D eigenvalue weighted by atomic mass is 10.1. The summed E-state index contributed by atoms with van der Waals surface area (Å²) in [6.45, 7) is 6.33. The average molecular weight is 286 g/mol. The molecule has 0 amide bonds. The fraction of sp³-hybridized carbons (Fsp3) is 0.312. The molecule has 3 nitrogen and oxygen atoms in total. The van der Waals surface area contributed by atoms with E-state index in [1.165, 1.54) is 15.3 Å². The van der Waals surface area contributed by atoms with E-state index >= 15 is 0 Å². The molecule has 0 saturated heterocycles. The number of benzene rings is 1. The molecule has 0 fully saturated rings. The Balaban J connectivity index is 2.35. The molecule has 104 valence electrons. The van der Waals surface area contributed by atoms with Crippen molar-refractivity contribution in [3.05, 3.63) is 45.1 Å². The number of ether oxygens (including phenoxy) is 1. The van der Waals surface area contributed by atoms with Gasteiger partial charge in [0.2, 0.25) is 0 Å². The van der Waals surface area contributed by atoms with E-state index in [1.807, 2.05) is 12.1 Å². The molecule has 0 radical (unpaired) electrons. The largest absolute Gasteiger partial charge is 0.495 e. The highest BCUT2D eigenvalue weighted by atomic mass is 32.1. The third-order valence-electron chi connectivity index (χ3n) is 3.27. The molecule has 0 spiro atoms. The van der Waals surface area contributed by atoms with E-state index in [1.54, 1.807) is 24.5 Å². The summed E-state index contributed by atoms with van der Waals surface area (Å²) in [5.41, 5.74) is 2.62. The van der Waals surface area contributed by atoms with Crippen LogP contribution in [-0.2, 0) is 0 Å². The van der Waals surface area contributed by atoms with Crippen LogP contribution in [0.3, 0.4) is 0 Å². The second-order valence-corrected chi connectivity index (χ2v) is 6.19. The van der Waals surface area contributed by atoms with Crippen molar-refractivity contribution in [3.8, 4) is 11.8 Å². The minimum absolute atomic E-state index is 0.128. The predicted octanol–water partition coefficient (Wildman–Crippen LogP) is 4.42. The number of rotatable bonds is 4. The fourth-order valence-electron chi connectivity index (χ4n) is 2.32. The van der Waals surface area contributed by atoms with Crippen LogP contribution in [0.4, 0.5) is 5.69 Å². The number of aryl methyl sites for hydroxylation is 2. The molecule has 0 aliphatic carbocycles. The molecule has 0 bridgehead atoms. The predicted molar refractivity (Wildman–Crippen MR) is 83.5 cm³/mol. The summed E-state index contributed by atoms with van der Waals surface area (Å²) in [6.07, 6.45) is 0. The highest BCUT2D eigenvalue weighted by Gasteiger charge is 2.15. The molecule has 0 saturated carbocycles. The molecule has 2 aromatic rings. The first kappa shape index (κ1) is 14.4. The maximum Gasteiger partial charge on any atom is 0.143 e. The van der Waals surface area contributed by atoms with Gasteiger partial charge >= 0.3 is 0 Å². The van der Waals surface area contributed by atoms with Crippen molar-refractivity contribution in [1.82, 2.24) is 0 Å². The lowest BCUT2D eigenvalue weighted by molar-refractivity contribution is 0.416. The molecule has 1 aromatic heterocycles. The maximum atomic E-state index is 9.24. The first-order chi connectivity index (χ1) is 9.56. The highest BCUT2D eigenvalue weighted by molar-refractivity contribution is 7.12. The van der Waals surface area contributed by atoms with Gasteiger partial charge in [0.1, 0.15) is 11.8 Å². The summed E-state index contributed by atoms with van der Waals surface area (Å²) in [5.74, 6) is 0.695. The van der Waals surface area contributed by atoms with Crippen LogP contribution in [0.15, 0.2) is 24.3 Å². The van der Waals surface area contributed by atoms with Crippen LogP contribution in [0.25, 0.3) is 0 Å². The van der Waals surface area contributed by atoms with E-state index in [2.05, 4.69) is 38.2 Å². The maximum absolute atomic E-state index is 9.24. The highest BCUT2D eigenvalue weighted by Crippen LogP contribution is 2.34. The van der Waals surface area contributed by atoms with Crippen LogP contribution in [0.5, 0.6) is 5.75 Å². The van der Waals surface area contributed by atoms with Crippen LogP contribution in [0.2, 0.25) is 0 Å². The lowest BCUT2D eigenvalue weighted by Crippen LogP contribution is -2.09. The number of hydrogen-bond acceptors (Lipinski definition) is 4. The Labute approximate surface area is 123 Å². The number of nitrogens with zero attached hydrogens (tertiary/aromatic N) is 1. The quantitative estimate of drug-likeness (QED) is 0.905. The van der Waals surface area contributed by atoms with E-state index in [-0.39, 0.29) is 6.04 Å². The molecule has 1 atom stereocenters. The lowest BCUT2D eigenvalue weighted by Gasteiger charge is -2.18. The monoisotopic (exact) mass is 286 g/mol. The minimum atomic E-state index is 0.128. The van der Waals surface area contributed by atoms with Gasteiger partial charge < -0.3 is 10.1 Å². The van der Waals surface area contributed by atoms with Crippen molar-refractivity contribution < 1.29 is 4.74 Å².